The van der Waals surface area contributed by atoms with E-state index in [-0.39, 0.29) is 11.8 Å². The highest BCUT2D eigenvalue weighted by atomic mass is 16.2. The molecule has 0 N–H and O–H groups in total. The van der Waals surface area contributed by atoms with Crippen molar-refractivity contribution in [2.45, 2.75) is 26.7 Å². The lowest BCUT2D eigenvalue weighted by Crippen LogP contribution is -2.31. The standard InChI is InChI=1S/C21H24N2O2/c1-3-23(19-11-6-8-16(2)14-19)21(25)18-10-7-9-17(15-18)20(24)22-12-4-5-13-22/h6-11,14-15H,3-5,12-13H2,1-2H3. The van der Waals surface area contributed by atoms with Gasteiger partial charge in [0.05, 0.1) is 0 Å². The van der Waals surface area contributed by atoms with E-state index in [1.165, 1.54) is 0 Å². The molecule has 4 nitrogen and oxygen atoms in total. The lowest BCUT2D eigenvalue weighted by atomic mass is 10.1. The van der Waals surface area contributed by atoms with Crippen LogP contribution in [0.2, 0.25) is 0 Å². The molecule has 2 aromatic carbocycles. The molecule has 3 rings (SSSR count). The van der Waals surface area contributed by atoms with Crippen molar-refractivity contribution in [2.75, 3.05) is 24.5 Å². The molecule has 2 amide bonds. The molecule has 0 spiro atoms. The zero-order valence-electron chi connectivity index (χ0n) is 14.9. The van der Waals surface area contributed by atoms with Crippen LogP contribution in [0.25, 0.3) is 0 Å². The third-order valence-electron chi connectivity index (χ3n) is 4.62. The monoisotopic (exact) mass is 336 g/mol. The first kappa shape index (κ1) is 17.2. The SMILES string of the molecule is CCN(C(=O)c1cccc(C(=O)N2CCCC2)c1)c1cccc(C)c1. The van der Waals surface area contributed by atoms with Gasteiger partial charge in [0.15, 0.2) is 0 Å². The average Bonchev–Trinajstić information content (AvgIpc) is 3.16. The highest BCUT2D eigenvalue weighted by Gasteiger charge is 2.22. The number of rotatable bonds is 4. The Morgan fingerprint density at radius 3 is 2.36 bits per heavy atom. The number of anilines is 1. The highest BCUT2D eigenvalue weighted by Crippen LogP contribution is 2.20. The first-order valence-electron chi connectivity index (χ1n) is 8.88. The zero-order valence-corrected chi connectivity index (χ0v) is 14.9. The molecule has 1 saturated heterocycles. The van der Waals surface area contributed by atoms with Crippen molar-refractivity contribution in [3.05, 3.63) is 65.2 Å². The first-order chi connectivity index (χ1) is 12.1. The minimum absolute atomic E-state index is 0.0192. The topological polar surface area (TPSA) is 40.6 Å². The summed E-state index contributed by atoms with van der Waals surface area (Å²) in [6, 6.07) is 15.0. The number of hydrogen-bond donors (Lipinski definition) is 0. The van der Waals surface area contributed by atoms with Gasteiger partial charge in [-0.05, 0) is 62.6 Å². The van der Waals surface area contributed by atoms with Gasteiger partial charge in [-0.1, -0.05) is 18.2 Å². The van der Waals surface area contributed by atoms with E-state index in [0.717, 1.165) is 37.2 Å². The van der Waals surface area contributed by atoms with Crippen molar-refractivity contribution in [2.24, 2.45) is 0 Å². The third kappa shape index (κ3) is 3.73. The van der Waals surface area contributed by atoms with Crippen molar-refractivity contribution >= 4 is 17.5 Å². The summed E-state index contributed by atoms with van der Waals surface area (Å²) >= 11 is 0. The Morgan fingerprint density at radius 2 is 1.68 bits per heavy atom. The van der Waals surface area contributed by atoms with Crippen LogP contribution in [-0.2, 0) is 0 Å². The molecule has 0 saturated carbocycles. The third-order valence-corrected chi connectivity index (χ3v) is 4.62. The Hall–Kier alpha value is -2.62. The van der Waals surface area contributed by atoms with Gasteiger partial charge < -0.3 is 9.80 Å². The Labute approximate surface area is 149 Å². The molecule has 0 aliphatic carbocycles. The summed E-state index contributed by atoms with van der Waals surface area (Å²) < 4.78 is 0. The van der Waals surface area contributed by atoms with Gasteiger partial charge >= 0.3 is 0 Å². The number of carbonyl (C=O) groups is 2. The number of carbonyl (C=O) groups excluding carboxylic acids is 2. The van der Waals surface area contributed by atoms with E-state index in [0.29, 0.717) is 17.7 Å². The van der Waals surface area contributed by atoms with E-state index >= 15 is 0 Å². The van der Waals surface area contributed by atoms with Crippen molar-refractivity contribution in [3.8, 4) is 0 Å². The lowest BCUT2D eigenvalue weighted by Gasteiger charge is -2.22. The Bertz CT molecular complexity index is 779. The smallest absolute Gasteiger partial charge is 0.258 e. The molecule has 1 heterocycles. The van der Waals surface area contributed by atoms with Gasteiger partial charge in [-0.3, -0.25) is 9.59 Å². The van der Waals surface area contributed by atoms with Crippen molar-refractivity contribution in [3.63, 3.8) is 0 Å². The highest BCUT2D eigenvalue weighted by molar-refractivity contribution is 6.07. The van der Waals surface area contributed by atoms with Gasteiger partial charge in [0.25, 0.3) is 11.8 Å². The minimum atomic E-state index is -0.0795. The Balaban J connectivity index is 1.86. The second-order valence-corrected chi connectivity index (χ2v) is 6.47. The maximum atomic E-state index is 13.0. The number of nitrogens with zero attached hydrogens (tertiary/aromatic N) is 2. The number of aryl methyl sites for hydroxylation is 1. The van der Waals surface area contributed by atoms with Crippen LogP contribution in [0.5, 0.6) is 0 Å². The van der Waals surface area contributed by atoms with Crippen LogP contribution >= 0.6 is 0 Å². The predicted octanol–water partition coefficient (Wildman–Crippen LogP) is 3.90. The second-order valence-electron chi connectivity index (χ2n) is 6.47. The van der Waals surface area contributed by atoms with Gasteiger partial charge in [0, 0.05) is 36.4 Å². The van der Waals surface area contributed by atoms with Crippen molar-refractivity contribution in [1.29, 1.82) is 0 Å². The lowest BCUT2D eigenvalue weighted by molar-refractivity contribution is 0.0793. The van der Waals surface area contributed by atoms with E-state index in [1.54, 1.807) is 29.2 Å². The quantitative estimate of drug-likeness (QED) is 0.850. The second kappa shape index (κ2) is 7.51. The van der Waals surface area contributed by atoms with Crippen molar-refractivity contribution < 1.29 is 9.59 Å². The molecule has 0 unspecified atom stereocenters. The minimum Gasteiger partial charge on any atom is -0.339 e. The van der Waals surface area contributed by atoms with E-state index < -0.39 is 0 Å². The van der Waals surface area contributed by atoms with E-state index in [2.05, 4.69) is 0 Å². The zero-order chi connectivity index (χ0) is 17.8. The Morgan fingerprint density at radius 1 is 1.00 bits per heavy atom. The molecule has 4 heteroatoms. The molecule has 1 aliphatic heterocycles. The fourth-order valence-corrected chi connectivity index (χ4v) is 3.28. The average molecular weight is 336 g/mol. The molecular weight excluding hydrogens is 312 g/mol. The van der Waals surface area contributed by atoms with Gasteiger partial charge in [-0.15, -0.1) is 0 Å². The van der Waals surface area contributed by atoms with Gasteiger partial charge in [0.1, 0.15) is 0 Å². The summed E-state index contributed by atoms with van der Waals surface area (Å²) in [6.07, 6.45) is 2.11. The molecule has 0 atom stereocenters. The number of likely N-dealkylation sites (tertiary alicyclic amines) is 1. The fourth-order valence-electron chi connectivity index (χ4n) is 3.28. The molecule has 0 aromatic heterocycles. The van der Waals surface area contributed by atoms with Gasteiger partial charge in [-0.25, -0.2) is 0 Å². The van der Waals surface area contributed by atoms with Crippen LogP contribution in [0.3, 0.4) is 0 Å². The number of amides is 2. The van der Waals surface area contributed by atoms with Crippen molar-refractivity contribution in [1.82, 2.24) is 4.90 Å². The summed E-state index contributed by atoms with van der Waals surface area (Å²) in [5, 5.41) is 0. The maximum absolute atomic E-state index is 13.0. The summed E-state index contributed by atoms with van der Waals surface area (Å²) in [5.41, 5.74) is 3.13. The summed E-state index contributed by atoms with van der Waals surface area (Å²) in [5.74, 6) is -0.0603. The van der Waals surface area contributed by atoms with Gasteiger partial charge in [0.2, 0.25) is 0 Å². The molecular formula is C21H24N2O2. The van der Waals surface area contributed by atoms with Crippen LogP contribution in [0.1, 0.15) is 46.0 Å². The van der Waals surface area contributed by atoms with Gasteiger partial charge in [-0.2, -0.15) is 0 Å². The fraction of sp³-hybridized carbons (Fsp3) is 0.333. The molecule has 1 fully saturated rings. The van der Waals surface area contributed by atoms with E-state index in [1.807, 2.05) is 43.0 Å². The van der Waals surface area contributed by atoms with Crippen LogP contribution in [0, 0.1) is 6.92 Å². The largest absolute Gasteiger partial charge is 0.339 e. The number of benzene rings is 2. The molecule has 25 heavy (non-hydrogen) atoms. The summed E-state index contributed by atoms with van der Waals surface area (Å²) in [7, 11) is 0. The molecule has 0 radical (unpaired) electrons. The normalized spacial score (nSPS) is 13.8. The summed E-state index contributed by atoms with van der Waals surface area (Å²) in [4.78, 5) is 29.2. The molecule has 2 aromatic rings. The first-order valence-corrected chi connectivity index (χ1v) is 8.88. The van der Waals surface area contributed by atoms with Crippen LogP contribution in [0.4, 0.5) is 5.69 Å². The van der Waals surface area contributed by atoms with E-state index in [4.69, 9.17) is 0 Å². The van der Waals surface area contributed by atoms with E-state index in [9.17, 15) is 9.59 Å². The number of hydrogen-bond acceptors (Lipinski definition) is 2. The molecule has 130 valence electrons. The van der Waals surface area contributed by atoms with Crippen LogP contribution in [-0.4, -0.2) is 36.3 Å². The summed E-state index contributed by atoms with van der Waals surface area (Å²) in [6.45, 7) is 6.16. The van der Waals surface area contributed by atoms with Crippen LogP contribution in [0.15, 0.2) is 48.5 Å². The van der Waals surface area contributed by atoms with Crippen LogP contribution < -0.4 is 4.90 Å². The Kier molecular flexibility index (Phi) is 5.17. The maximum Gasteiger partial charge on any atom is 0.258 e. The molecule has 0 bridgehead atoms. The molecule has 1 aliphatic rings. The predicted molar refractivity (Wildman–Crippen MR) is 100 cm³/mol.